The minimum Gasteiger partial charge on any atom is -0.491 e. The van der Waals surface area contributed by atoms with Crippen molar-refractivity contribution in [3.05, 3.63) is 94.6 Å². The number of hydrogen-bond donors (Lipinski definition) is 0. The molecule has 6 nitrogen and oxygen atoms in total. The van der Waals surface area contributed by atoms with Crippen molar-refractivity contribution in [1.29, 1.82) is 0 Å². The van der Waals surface area contributed by atoms with Crippen molar-refractivity contribution in [2.45, 2.75) is 46.8 Å². The molecule has 2 heterocycles. The topological polar surface area (TPSA) is 69.9 Å². The lowest BCUT2D eigenvalue weighted by Crippen LogP contribution is -2.40. The first-order chi connectivity index (χ1) is 16.7. The lowest BCUT2D eigenvalue weighted by molar-refractivity contribution is -0.139. The van der Waals surface area contributed by atoms with E-state index in [4.69, 9.17) is 9.47 Å². The van der Waals surface area contributed by atoms with E-state index in [-0.39, 0.29) is 18.3 Å². The molecule has 0 spiro atoms. The summed E-state index contributed by atoms with van der Waals surface area (Å²) < 4.78 is 14.5. The number of allylic oxidation sites excluding steroid dienone is 1. The summed E-state index contributed by atoms with van der Waals surface area (Å²) in [5.41, 5.74) is 3.37. The molecule has 1 aromatic heterocycles. The third-order valence-corrected chi connectivity index (χ3v) is 7.42. The Morgan fingerprint density at radius 2 is 1.97 bits per heavy atom. The highest BCUT2D eigenvalue weighted by atomic mass is 79.9. The van der Waals surface area contributed by atoms with Crippen LogP contribution >= 0.6 is 27.3 Å². The molecular formula is C27H27BrN2O4S. The van der Waals surface area contributed by atoms with Gasteiger partial charge in [-0.3, -0.25) is 9.36 Å². The normalized spacial score (nSPS) is 15.7. The predicted molar refractivity (Wildman–Crippen MR) is 141 cm³/mol. The molecule has 0 bridgehead atoms. The highest BCUT2D eigenvalue weighted by Gasteiger charge is 2.35. The SMILES string of the molecule is CCOC(=O)C1=C(C)N=c2s/c(=C\c3ccc(C)c(Br)c3)c(=O)n2[C@@H]1c1ccccc1OC(C)C. The Balaban J connectivity index is 1.98. The van der Waals surface area contributed by atoms with E-state index >= 15 is 0 Å². The van der Waals surface area contributed by atoms with Gasteiger partial charge in [0.1, 0.15) is 11.8 Å². The van der Waals surface area contributed by atoms with E-state index < -0.39 is 12.0 Å². The quantitative estimate of drug-likeness (QED) is 0.415. The lowest BCUT2D eigenvalue weighted by atomic mass is 9.95. The number of hydrogen-bond acceptors (Lipinski definition) is 6. The summed E-state index contributed by atoms with van der Waals surface area (Å²) in [7, 11) is 0. The van der Waals surface area contributed by atoms with Gasteiger partial charge in [0.2, 0.25) is 0 Å². The van der Waals surface area contributed by atoms with Gasteiger partial charge in [-0.05, 0) is 64.0 Å². The molecule has 0 fully saturated rings. The minimum atomic E-state index is -0.716. The summed E-state index contributed by atoms with van der Waals surface area (Å²) in [5, 5.41) is 0. The van der Waals surface area contributed by atoms with Crippen LogP contribution in [-0.2, 0) is 9.53 Å². The van der Waals surface area contributed by atoms with Crippen LogP contribution in [0.4, 0.5) is 0 Å². The van der Waals surface area contributed by atoms with Crippen LogP contribution in [0.5, 0.6) is 5.75 Å². The van der Waals surface area contributed by atoms with Crippen LogP contribution < -0.4 is 19.6 Å². The van der Waals surface area contributed by atoms with E-state index in [0.717, 1.165) is 15.6 Å². The van der Waals surface area contributed by atoms with E-state index in [1.54, 1.807) is 18.4 Å². The first-order valence-corrected chi connectivity index (χ1v) is 13.0. The van der Waals surface area contributed by atoms with Crippen molar-refractivity contribution >= 4 is 39.3 Å². The van der Waals surface area contributed by atoms with Gasteiger partial charge in [0.15, 0.2) is 4.80 Å². The second-order valence-electron chi connectivity index (χ2n) is 8.52. The van der Waals surface area contributed by atoms with Crippen LogP contribution in [0, 0.1) is 6.92 Å². The van der Waals surface area contributed by atoms with Gasteiger partial charge in [-0.25, -0.2) is 9.79 Å². The molecular weight excluding hydrogens is 528 g/mol. The molecule has 0 unspecified atom stereocenters. The summed E-state index contributed by atoms with van der Waals surface area (Å²) >= 11 is 4.86. The molecule has 182 valence electrons. The monoisotopic (exact) mass is 554 g/mol. The molecule has 3 aromatic rings. The maximum atomic E-state index is 13.8. The first-order valence-electron chi connectivity index (χ1n) is 11.4. The zero-order chi connectivity index (χ0) is 25.3. The predicted octanol–water partition coefficient (Wildman–Crippen LogP) is 4.66. The number of nitrogens with zero attached hydrogens (tertiary/aromatic N) is 2. The van der Waals surface area contributed by atoms with Crippen LogP contribution in [0.1, 0.15) is 50.4 Å². The first kappa shape index (κ1) is 25.1. The molecule has 1 aliphatic rings. The largest absolute Gasteiger partial charge is 0.491 e. The second-order valence-corrected chi connectivity index (χ2v) is 10.4. The van der Waals surface area contributed by atoms with Crippen molar-refractivity contribution in [3.63, 3.8) is 0 Å². The van der Waals surface area contributed by atoms with Crippen molar-refractivity contribution in [3.8, 4) is 5.75 Å². The Labute approximate surface area is 216 Å². The minimum absolute atomic E-state index is 0.0805. The van der Waals surface area contributed by atoms with Gasteiger partial charge < -0.3 is 9.47 Å². The van der Waals surface area contributed by atoms with E-state index in [2.05, 4.69) is 20.9 Å². The number of aromatic nitrogens is 1. The number of thiazole rings is 1. The lowest BCUT2D eigenvalue weighted by Gasteiger charge is -2.26. The van der Waals surface area contributed by atoms with Crippen LogP contribution in [-0.4, -0.2) is 23.2 Å². The number of rotatable bonds is 6. The molecule has 0 N–H and O–H groups in total. The van der Waals surface area contributed by atoms with E-state index in [1.165, 1.54) is 11.3 Å². The van der Waals surface area contributed by atoms with Gasteiger partial charge in [-0.2, -0.15) is 0 Å². The Kier molecular flexibility index (Phi) is 7.42. The molecule has 8 heteroatoms. The Morgan fingerprint density at radius 3 is 2.66 bits per heavy atom. The number of benzene rings is 2. The summed E-state index contributed by atoms with van der Waals surface area (Å²) in [4.78, 5) is 32.1. The molecule has 2 aromatic carbocycles. The van der Waals surface area contributed by atoms with Crippen molar-refractivity contribution in [2.75, 3.05) is 6.61 Å². The fourth-order valence-electron chi connectivity index (χ4n) is 4.00. The second kappa shape index (κ2) is 10.3. The smallest absolute Gasteiger partial charge is 0.338 e. The molecule has 0 aliphatic carbocycles. The van der Waals surface area contributed by atoms with Gasteiger partial charge in [-0.1, -0.05) is 57.6 Å². The van der Waals surface area contributed by atoms with Crippen molar-refractivity contribution < 1.29 is 14.3 Å². The number of aryl methyl sites for hydroxylation is 1. The van der Waals surface area contributed by atoms with Gasteiger partial charge in [-0.15, -0.1) is 0 Å². The van der Waals surface area contributed by atoms with E-state index in [9.17, 15) is 9.59 Å². The van der Waals surface area contributed by atoms with Gasteiger partial charge in [0.05, 0.1) is 28.5 Å². The van der Waals surface area contributed by atoms with Crippen LogP contribution in [0.2, 0.25) is 0 Å². The van der Waals surface area contributed by atoms with Crippen LogP contribution in [0.3, 0.4) is 0 Å². The summed E-state index contributed by atoms with van der Waals surface area (Å²) in [5.74, 6) is 0.121. The molecule has 0 radical (unpaired) electrons. The summed E-state index contributed by atoms with van der Waals surface area (Å²) in [6, 6.07) is 12.7. The van der Waals surface area contributed by atoms with Gasteiger partial charge in [0, 0.05) is 10.0 Å². The average Bonchev–Trinajstić information content (AvgIpc) is 3.10. The van der Waals surface area contributed by atoms with Crippen LogP contribution in [0.25, 0.3) is 6.08 Å². The molecule has 1 aliphatic heterocycles. The number of fused-ring (bicyclic) bond motifs is 1. The third kappa shape index (κ3) is 5.04. The van der Waals surface area contributed by atoms with E-state index in [0.29, 0.717) is 31.9 Å². The number of carbonyl (C=O) groups is 1. The zero-order valence-corrected chi connectivity index (χ0v) is 22.7. The Morgan fingerprint density at radius 1 is 1.23 bits per heavy atom. The van der Waals surface area contributed by atoms with E-state index in [1.807, 2.05) is 69.3 Å². The molecule has 0 saturated carbocycles. The van der Waals surface area contributed by atoms with Gasteiger partial charge >= 0.3 is 5.97 Å². The standard InChI is InChI=1S/C27H27BrN2O4S/c1-6-33-26(32)23-17(5)29-27-30(24(23)19-9-7-8-10-21(19)34-15(2)3)25(31)22(35-27)14-18-12-11-16(4)20(28)13-18/h7-15,24H,6H2,1-5H3/b22-14-/t24-/m1/s1. The fourth-order valence-corrected chi connectivity index (χ4v) is 5.45. The third-order valence-electron chi connectivity index (χ3n) is 5.59. The molecule has 4 rings (SSSR count). The molecule has 35 heavy (non-hydrogen) atoms. The van der Waals surface area contributed by atoms with Crippen molar-refractivity contribution in [2.24, 2.45) is 4.99 Å². The maximum Gasteiger partial charge on any atom is 0.338 e. The van der Waals surface area contributed by atoms with Crippen LogP contribution in [0.15, 0.2) is 68.0 Å². The number of carbonyl (C=O) groups excluding carboxylic acids is 1. The Bertz CT molecular complexity index is 1500. The average molecular weight is 555 g/mol. The highest BCUT2D eigenvalue weighted by molar-refractivity contribution is 9.10. The van der Waals surface area contributed by atoms with Gasteiger partial charge in [0.25, 0.3) is 5.56 Å². The fraction of sp³-hybridized carbons (Fsp3) is 0.296. The number of ether oxygens (including phenoxy) is 2. The number of para-hydroxylation sites is 1. The molecule has 1 atom stereocenters. The molecule has 0 saturated heterocycles. The summed E-state index contributed by atoms with van der Waals surface area (Å²) in [6.07, 6.45) is 1.77. The number of halogens is 1. The molecule has 0 amide bonds. The highest BCUT2D eigenvalue weighted by Crippen LogP contribution is 2.36. The summed E-state index contributed by atoms with van der Waals surface area (Å²) in [6.45, 7) is 9.65. The maximum absolute atomic E-state index is 13.8. The zero-order valence-electron chi connectivity index (χ0n) is 20.3. The number of esters is 1. The Hall–Kier alpha value is -2.97. The van der Waals surface area contributed by atoms with Crippen molar-refractivity contribution in [1.82, 2.24) is 4.57 Å².